The highest BCUT2D eigenvalue weighted by atomic mass is 79.9. The van der Waals surface area contributed by atoms with Crippen molar-refractivity contribution in [1.82, 2.24) is 4.90 Å². The van der Waals surface area contributed by atoms with E-state index in [1.165, 1.54) is 23.9 Å². The van der Waals surface area contributed by atoms with Crippen LogP contribution in [0.15, 0.2) is 116 Å². The average Bonchev–Trinajstić information content (AvgIpc) is 3.22. The Hall–Kier alpha value is -3.20. The lowest BCUT2D eigenvalue weighted by Crippen LogP contribution is -2.28. The third-order valence-corrected chi connectivity index (χ3v) is 8.15. The van der Waals surface area contributed by atoms with Crippen LogP contribution < -0.4 is 4.74 Å². The molecule has 39 heavy (non-hydrogen) atoms. The molecule has 0 atom stereocenters. The molecule has 5 rings (SSSR count). The lowest BCUT2D eigenvalue weighted by Gasteiger charge is -2.15. The molecule has 0 radical (unpaired) electrons. The Morgan fingerprint density at radius 1 is 0.846 bits per heavy atom. The molecule has 4 aromatic carbocycles. The Kier molecular flexibility index (Phi) is 8.96. The van der Waals surface area contributed by atoms with Crippen molar-refractivity contribution in [1.29, 1.82) is 0 Å². The number of carbonyl (C=O) groups is 1. The number of rotatable bonds is 8. The molecule has 0 saturated carbocycles. The van der Waals surface area contributed by atoms with E-state index in [0.29, 0.717) is 35.5 Å². The number of ether oxygens (including phenoxy) is 1. The standard InChI is InChI=1S/C31H23Br2FN2O2S/c32-26-15-24(16-27(33)29(26)38-20-23-11-13-25(34)14-12-23)17-28-30(37)36(19-22-9-5-2-6-10-22)31(39-28)35-18-21-7-3-1-4-8-21/h1-17H,18-20H2/b28-17+,35-31?. The van der Waals surface area contributed by atoms with Gasteiger partial charge in [0.25, 0.3) is 5.91 Å². The van der Waals surface area contributed by atoms with Gasteiger partial charge in [-0.3, -0.25) is 14.7 Å². The first kappa shape index (κ1) is 27.4. The SMILES string of the molecule is O=C1/C(=C\c2cc(Br)c(OCc3ccc(F)cc3)c(Br)c2)SC(=NCc2ccccc2)N1Cc1ccccc1. The van der Waals surface area contributed by atoms with Crippen molar-refractivity contribution in [2.45, 2.75) is 19.7 Å². The number of amides is 1. The minimum Gasteiger partial charge on any atom is -0.487 e. The van der Waals surface area contributed by atoms with Crippen LogP contribution in [0, 0.1) is 5.82 Å². The van der Waals surface area contributed by atoms with E-state index in [-0.39, 0.29) is 11.7 Å². The number of hydrogen-bond donors (Lipinski definition) is 0. The molecular formula is C31H23Br2FN2O2S. The molecule has 0 N–H and O–H groups in total. The van der Waals surface area contributed by atoms with Crippen LogP contribution in [0.1, 0.15) is 22.3 Å². The monoisotopic (exact) mass is 664 g/mol. The number of amidine groups is 1. The molecule has 1 amide bonds. The number of thioether (sulfide) groups is 1. The molecule has 196 valence electrons. The van der Waals surface area contributed by atoms with Gasteiger partial charge in [0.1, 0.15) is 18.2 Å². The van der Waals surface area contributed by atoms with Gasteiger partial charge in [-0.15, -0.1) is 0 Å². The highest BCUT2D eigenvalue weighted by Gasteiger charge is 2.33. The first-order valence-electron chi connectivity index (χ1n) is 12.2. The van der Waals surface area contributed by atoms with Gasteiger partial charge >= 0.3 is 0 Å². The van der Waals surface area contributed by atoms with Crippen molar-refractivity contribution in [2.75, 3.05) is 0 Å². The van der Waals surface area contributed by atoms with E-state index < -0.39 is 0 Å². The van der Waals surface area contributed by atoms with Gasteiger partial charge in [-0.1, -0.05) is 72.8 Å². The fraction of sp³-hybridized carbons (Fsp3) is 0.0968. The molecule has 0 aromatic heterocycles. The van der Waals surface area contributed by atoms with E-state index >= 15 is 0 Å². The minimum atomic E-state index is -0.284. The molecule has 1 fully saturated rings. The Morgan fingerprint density at radius 3 is 2.10 bits per heavy atom. The Balaban J connectivity index is 1.38. The van der Waals surface area contributed by atoms with Gasteiger partial charge in [0.2, 0.25) is 0 Å². The van der Waals surface area contributed by atoms with Crippen LogP contribution in [0.5, 0.6) is 5.75 Å². The summed E-state index contributed by atoms with van der Waals surface area (Å²) in [5.41, 5.74) is 3.81. The number of aliphatic imine (C=N–C) groups is 1. The van der Waals surface area contributed by atoms with E-state index in [0.717, 1.165) is 31.2 Å². The summed E-state index contributed by atoms with van der Waals surface area (Å²) in [7, 11) is 0. The number of hydrogen-bond acceptors (Lipinski definition) is 4. The molecule has 4 aromatic rings. The van der Waals surface area contributed by atoms with Gasteiger partial charge in [-0.2, -0.15) is 0 Å². The van der Waals surface area contributed by atoms with Gasteiger partial charge < -0.3 is 4.74 Å². The quantitative estimate of drug-likeness (QED) is 0.177. The zero-order valence-electron chi connectivity index (χ0n) is 20.7. The Bertz CT molecular complexity index is 1500. The second-order valence-corrected chi connectivity index (χ2v) is 11.5. The maximum atomic E-state index is 13.5. The summed E-state index contributed by atoms with van der Waals surface area (Å²) in [5, 5.41) is 0.677. The largest absolute Gasteiger partial charge is 0.487 e. The van der Waals surface area contributed by atoms with Gasteiger partial charge in [0.05, 0.1) is 26.9 Å². The molecule has 0 aliphatic carbocycles. The molecule has 1 aliphatic heterocycles. The highest BCUT2D eigenvalue weighted by molar-refractivity contribution is 9.11. The highest BCUT2D eigenvalue weighted by Crippen LogP contribution is 2.38. The third kappa shape index (κ3) is 7.06. The molecule has 0 spiro atoms. The van der Waals surface area contributed by atoms with Gasteiger partial charge in [-0.05, 0) is 96.2 Å². The summed E-state index contributed by atoms with van der Waals surface area (Å²) in [5.74, 6) is 0.260. The molecule has 0 unspecified atom stereocenters. The minimum absolute atomic E-state index is 0.0838. The lowest BCUT2D eigenvalue weighted by atomic mass is 10.2. The number of benzene rings is 4. The van der Waals surface area contributed by atoms with Crippen LogP contribution in [-0.4, -0.2) is 16.0 Å². The average molecular weight is 666 g/mol. The molecular weight excluding hydrogens is 643 g/mol. The number of halogens is 3. The van der Waals surface area contributed by atoms with Crippen LogP contribution in [0.25, 0.3) is 6.08 Å². The van der Waals surface area contributed by atoms with Crippen molar-refractivity contribution in [3.05, 3.63) is 139 Å². The van der Waals surface area contributed by atoms with E-state index in [2.05, 4.69) is 31.9 Å². The molecule has 4 nitrogen and oxygen atoms in total. The van der Waals surface area contributed by atoms with Crippen LogP contribution in [0.3, 0.4) is 0 Å². The first-order chi connectivity index (χ1) is 19.0. The number of nitrogens with zero attached hydrogens (tertiary/aromatic N) is 2. The Morgan fingerprint density at radius 2 is 1.46 bits per heavy atom. The topological polar surface area (TPSA) is 41.9 Å². The summed E-state index contributed by atoms with van der Waals surface area (Å²) in [6.07, 6.45) is 1.87. The third-order valence-electron chi connectivity index (χ3n) is 5.93. The van der Waals surface area contributed by atoms with Crippen molar-refractivity contribution in [3.8, 4) is 5.75 Å². The van der Waals surface area contributed by atoms with Crippen molar-refractivity contribution >= 4 is 60.8 Å². The zero-order chi connectivity index (χ0) is 27.2. The summed E-state index contributed by atoms with van der Waals surface area (Å²) in [6, 6.07) is 29.9. The second kappa shape index (κ2) is 12.8. The Labute approximate surface area is 247 Å². The molecule has 1 aliphatic rings. The summed E-state index contributed by atoms with van der Waals surface area (Å²) in [6.45, 7) is 1.23. The van der Waals surface area contributed by atoms with Crippen molar-refractivity contribution in [3.63, 3.8) is 0 Å². The van der Waals surface area contributed by atoms with Crippen LogP contribution in [0.4, 0.5) is 4.39 Å². The first-order valence-corrected chi connectivity index (χ1v) is 14.6. The summed E-state index contributed by atoms with van der Waals surface area (Å²) < 4.78 is 20.6. The van der Waals surface area contributed by atoms with Gasteiger partial charge in [0, 0.05) is 0 Å². The van der Waals surface area contributed by atoms with Crippen molar-refractivity contribution < 1.29 is 13.9 Å². The zero-order valence-corrected chi connectivity index (χ0v) is 24.7. The molecule has 1 heterocycles. The van der Waals surface area contributed by atoms with E-state index in [1.807, 2.05) is 78.9 Å². The second-order valence-electron chi connectivity index (χ2n) is 8.80. The molecule has 8 heteroatoms. The van der Waals surface area contributed by atoms with Gasteiger partial charge in [0.15, 0.2) is 5.17 Å². The maximum Gasteiger partial charge on any atom is 0.267 e. The normalized spacial score (nSPS) is 15.4. The fourth-order valence-corrected chi connectivity index (χ4v) is 6.39. The maximum absolute atomic E-state index is 13.5. The van der Waals surface area contributed by atoms with Crippen LogP contribution in [0.2, 0.25) is 0 Å². The predicted octanol–water partition coefficient (Wildman–Crippen LogP) is 8.60. The summed E-state index contributed by atoms with van der Waals surface area (Å²) in [4.78, 5) is 20.7. The number of carbonyl (C=O) groups excluding carboxylic acids is 1. The van der Waals surface area contributed by atoms with E-state index in [9.17, 15) is 9.18 Å². The smallest absolute Gasteiger partial charge is 0.267 e. The van der Waals surface area contributed by atoms with E-state index in [1.54, 1.807) is 17.0 Å². The fourth-order valence-electron chi connectivity index (χ4n) is 3.96. The van der Waals surface area contributed by atoms with Crippen LogP contribution >= 0.6 is 43.6 Å². The van der Waals surface area contributed by atoms with Crippen molar-refractivity contribution in [2.24, 2.45) is 4.99 Å². The predicted molar refractivity (Wildman–Crippen MR) is 163 cm³/mol. The van der Waals surface area contributed by atoms with Gasteiger partial charge in [-0.25, -0.2) is 4.39 Å². The van der Waals surface area contributed by atoms with E-state index in [4.69, 9.17) is 9.73 Å². The lowest BCUT2D eigenvalue weighted by molar-refractivity contribution is -0.122. The molecule has 1 saturated heterocycles. The van der Waals surface area contributed by atoms with Crippen LogP contribution in [-0.2, 0) is 24.5 Å². The summed E-state index contributed by atoms with van der Waals surface area (Å²) >= 11 is 8.57. The molecule has 0 bridgehead atoms.